The fraction of sp³-hybridized carbons (Fsp3) is 0.375. The number of nitrogens with one attached hydrogen (secondary N) is 1. The Bertz CT molecular complexity index is 492. The molecule has 0 aliphatic heterocycles. The first-order valence-electron chi connectivity index (χ1n) is 4.19. The van der Waals surface area contributed by atoms with Crippen LogP contribution in [-0.2, 0) is 12.1 Å². The Kier molecular flexibility index (Phi) is 3.84. The van der Waals surface area contributed by atoms with E-state index in [2.05, 4.69) is 4.74 Å². The normalized spacial score (nSPS) is 12.6. The van der Waals surface area contributed by atoms with Gasteiger partial charge in [0.1, 0.15) is 5.56 Å². The Morgan fingerprint density at radius 3 is 2.17 bits per heavy atom. The topological polar surface area (TPSA) is 42.1 Å². The van der Waals surface area contributed by atoms with Crippen molar-refractivity contribution in [3.05, 3.63) is 27.7 Å². The third-order valence-corrected chi connectivity index (χ3v) is 1.99. The average Bonchev–Trinajstić information content (AvgIpc) is 2.16. The zero-order chi connectivity index (χ0) is 14.1. The summed E-state index contributed by atoms with van der Waals surface area (Å²) in [4.78, 5) is 12.6. The number of rotatable bonds is 2. The van der Waals surface area contributed by atoms with Gasteiger partial charge in [-0.15, -0.1) is 24.8 Å². The Labute approximate surface area is 100 Å². The van der Waals surface area contributed by atoms with E-state index in [4.69, 9.17) is 11.6 Å². The molecule has 0 spiro atoms. The van der Waals surface area contributed by atoms with Crippen LogP contribution in [0.4, 0.5) is 26.3 Å². The van der Waals surface area contributed by atoms with Gasteiger partial charge in [0, 0.05) is 6.07 Å². The summed E-state index contributed by atoms with van der Waals surface area (Å²) in [6.45, 7) is 0. The second-order valence-electron chi connectivity index (χ2n) is 3.03. The molecule has 1 N–H and O–H groups in total. The molecule has 0 atom stereocenters. The summed E-state index contributed by atoms with van der Waals surface area (Å²) in [5.41, 5.74) is -3.86. The van der Waals surface area contributed by atoms with E-state index in [-0.39, 0.29) is 6.07 Å². The molecule has 0 radical (unpaired) electrons. The second-order valence-corrected chi connectivity index (χ2v) is 3.30. The van der Waals surface area contributed by atoms with Gasteiger partial charge >= 0.3 is 12.5 Å². The van der Waals surface area contributed by atoms with Gasteiger partial charge in [0.05, 0.1) is 11.6 Å². The molecule has 102 valence electrons. The maximum atomic E-state index is 12.5. The van der Waals surface area contributed by atoms with Crippen LogP contribution in [0.15, 0.2) is 10.9 Å². The van der Waals surface area contributed by atoms with Crippen LogP contribution >= 0.6 is 11.6 Å². The first kappa shape index (κ1) is 14.7. The van der Waals surface area contributed by atoms with Crippen molar-refractivity contribution >= 4 is 11.6 Å². The predicted octanol–water partition coefficient (Wildman–Crippen LogP) is 3.03. The molecule has 1 heterocycles. The maximum Gasteiger partial charge on any atom is 0.573 e. The largest absolute Gasteiger partial charge is 0.573 e. The molecule has 1 aromatic heterocycles. The van der Waals surface area contributed by atoms with Crippen LogP contribution in [0.3, 0.4) is 0 Å². The molecule has 0 aromatic carbocycles. The fourth-order valence-corrected chi connectivity index (χ4v) is 1.33. The zero-order valence-corrected chi connectivity index (χ0v) is 9.00. The van der Waals surface area contributed by atoms with E-state index in [0.717, 1.165) is 0 Å². The predicted molar refractivity (Wildman–Crippen MR) is 48.3 cm³/mol. The SMILES string of the molecule is O=c1cc(C(F)(F)F)c(OC(F)(F)F)c(CCl)[nH]1. The molecule has 0 saturated heterocycles. The van der Waals surface area contributed by atoms with E-state index in [1.165, 1.54) is 0 Å². The van der Waals surface area contributed by atoms with Gasteiger partial charge in [-0.2, -0.15) is 13.2 Å². The van der Waals surface area contributed by atoms with Gasteiger partial charge in [-0.25, -0.2) is 0 Å². The Balaban J connectivity index is 3.48. The molecule has 0 fully saturated rings. The van der Waals surface area contributed by atoms with Crippen LogP contribution in [0.2, 0.25) is 0 Å². The molecule has 18 heavy (non-hydrogen) atoms. The molecule has 3 nitrogen and oxygen atoms in total. The van der Waals surface area contributed by atoms with Crippen molar-refractivity contribution in [1.82, 2.24) is 4.98 Å². The first-order valence-corrected chi connectivity index (χ1v) is 4.73. The van der Waals surface area contributed by atoms with Gasteiger partial charge in [0.2, 0.25) is 5.56 Å². The van der Waals surface area contributed by atoms with Crippen LogP contribution in [0.1, 0.15) is 11.3 Å². The van der Waals surface area contributed by atoms with E-state index in [1.807, 2.05) is 0 Å². The third kappa shape index (κ3) is 3.56. The molecule has 0 aliphatic carbocycles. The van der Waals surface area contributed by atoms with E-state index in [1.54, 1.807) is 4.98 Å². The number of alkyl halides is 7. The minimum absolute atomic E-state index is 0.0306. The Morgan fingerprint density at radius 2 is 1.78 bits per heavy atom. The number of aromatic nitrogens is 1. The van der Waals surface area contributed by atoms with Crippen molar-refractivity contribution in [2.75, 3.05) is 0 Å². The summed E-state index contributed by atoms with van der Waals surface area (Å²) in [7, 11) is 0. The second kappa shape index (κ2) is 4.71. The highest BCUT2D eigenvalue weighted by Gasteiger charge is 2.41. The third-order valence-electron chi connectivity index (χ3n) is 1.73. The number of aromatic amines is 1. The van der Waals surface area contributed by atoms with E-state index in [9.17, 15) is 31.1 Å². The van der Waals surface area contributed by atoms with Crippen LogP contribution in [0.25, 0.3) is 0 Å². The lowest BCUT2D eigenvalue weighted by atomic mass is 10.2. The summed E-state index contributed by atoms with van der Waals surface area (Å²) in [5.74, 6) is -2.32. The highest BCUT2D eigenvalue weighted by molar-refractivity contribution is 6.17. The van der Waals surface area contributed by atoms with Crippen molar-refractivity contribution in [1.29, 1.82) is 0 Å². The van der Waals surface area contributed by atoms with Gasteiger partial charge in [0.25, 0.3) is 0 Å². The first-order chi connectivity index (χ1) is 8.04. The smallest absolute Gasteiger partial charge is 0.403 e. The lowest BCUT2D eigenvalue weighted by Gasteiger charge is -2.17. The molecule has 0 saturated carbocycles. The molecule has 10 heteroatoms. The Hall–Kier alpha value is -1.38. The van der Waals surface area contributed by atoms with Gasteiger partial charge in [-0.05, 0) is 0 Å². The minimum Gasteiger partial charge on any atom is -0.403 e. The molecule has 1 rings (SSSR count). The van der Waals surface area contributed by atoms with Crippen molar-refractivity contribution in [2.24, 2.45) is 0 Å². The zero-order valence-electron chi connectivity index (χ0n) is 8.25. The van der Waals surface area contributed by atoms with Gasteiger partial charge in [0.15, 0.2) is 5.75 Å². The molecular weight excluding hydrogens is 292 g/mol. The van der Waals surface area contributed by atoms with Gasteiger partial charge < -0.3 is 9.72 Å². The van der Waals surface area contributed by atoms with Crippen molar-refractivity contribution in [3.8, 4) is 5.75 Å². The Morgan fingerprint density at radius 1 is 1.22 bits per heavy atom. The number of pyridine rings is 1. The highest BCUT2D eigenvalue weighted by atomic mass is 35.5. The van der Waals surface area contributed by atoms with Crippen molar-refractivity contribution in [3.63, 3.8) is 0 Å². The monoisotopic (exact) mass is 295 g/mol. The van der Waals surface area contributed by atoms with Crippen LogP contribution in [0.5, 0.6) is 5.75 Å². The molecular formula is C8H4ClF6NO2. The molecule has 0 unspecified atom stereocenters. The quantitative estimate of drug-likeness (QED) is 0.673. The van der Waals surface area contributed by atoms with E-state index in [0.29, 0.717) is 0 Å². The number of hydrogen-bond acceptors (Lipinski definition) is 2. The van der Waals surface area contributed by atoms with Gasteiger partial charge in [-0.1, -0.05) is 0 Å². The minimum atomic E-state index is -5.33. The molecule has 0 aliphatic rings. The van der Waals surface area contributed by atoms with E-state index >= 15 is 0 Å². The highest BCUT2D eigenvalue weighted by Crippen LogP contribution is 2.39. The van der Waals surface area contributed by atoms with Crippen LogP contribution in [0, 0.1) is 0 Å². The maximum absolute atomic E-state index is 12.5. The lowest BCUT2D eigenvalue weighted by molar-refractivity contribution is -0.276. The summed E-state index contributed by atoms with van der Waals surface area (Å²) in [6, 6.07) is -0.0306. The standard InChI is InChI=1S/C8H4ClF6NO2/c9-2-4-6(18-8(13,14)15)3(7(10,11)12)1-5(17)16-4/h1H,2H2,(H,16,17). The molecule has 0 amide bonds. The van der Waals surface area contributed by atoms with Crippen LogP contribution < -0.4 is 10.3 Å². The summed E-state index contributed by atoms with van der Waals surface area (Å²) >= 11 is 5.17. The van der Waals surface area contributed by atoms with E-state index < -0.39 is 41.0 Å². The summed E-state index contributed by atoms with van der Waals surface area (Å²) < 4.78 is 76.7. The van der Waals surface area contributed by atoms with Crippen molar-refractivity contribution < 1.29 is 31.1 Å². The number of halogens is 7. The number of H-pyrrole nitrogens is 1. The number of ether oxygens (including phenoxy) is 1. The average molecular weight is 296 g/mol. The van der Waals surface area contributed by atoms with Crippen LogP contribution in [-0.4, -0.2) is 11.3 Å². The summed E-state index contributed by atoms with van der Waals surface area (Å²) in [5, 5.41) is 0. The molecule has 1 aromatic rings. The van der Waals surface area contributed by atoms with Crippen molar-refractivity contribution in [2.45, 2.75) is 18.4 Å². The lowest BCUT2D eigenvalue weighted by Crippen LogP contribution is -2.24. The van der Waals surface area contributed by atoms with Gasteiger partial charge in [-0.3, -0.25) is 4.79 Å². The summed E-state index contributed by atoms with van der Waals surface area (Å²) in [6.07, 6.45) is -10.5. The number of hydrogen-bond donors (Lipinski definition) is 1. The fourth-order valence-electron chi connectivity index (χ4n) is 1.14. The molecule has 0 bridgehead atoms.